The number of likely N-dealkylation sites (tertiary alicyclic amines) is 1. The summed E-state index contributed by atoms with van der Waals surface area (Å²) in [5.41, 5.74) is 0.864. The SMILES string of the molecule is CO[C@H]1C[C@@H](C(=O)N(Cc2ccccn2)Cc2ccc(C)o2)N(C)C1. The lowest BCUT2D eigenvalue weighted by Crippen LogP contribution is -2.43. The molecule has 0 bridgehead atoms. The van der Waals surface area contributed by atoms with Gasteiger partial charge in [0, 0.05) is 19.9 Å². The predicted molar refractivity (Wildman–Crippen MR) is 93.8 cm³/mol. The van der Waals surface area contributed by atoms with E-state index in [0.29, 0.717) is 19.5 Å². The number of aryl methyl sites for hydroxylation is 1. The number of hydrogen-bond acceptors (Lipinski definition) is 5. The summed E-state index contributed by atoms with van der Waals surface area (Å²) in [6.45, 7) is 3.57. The highest BCUT2D eigenvalue weighted by molar-refractivity contribution is 5.82. The van der Waals surface area contributed by atoms with E-state index in [9.17, 15) is 4.79 Å². The molecule has 2 atom stereocenters. The second kappa shape index (κ2) is 7.80. The molecule has 134 valence electrons. The maximum absolute atomic E-state index is 13.2. The number of furan rings is 1. The molecule has 2 aromatic heterocycles. The first-order valence-electron chi connectivity index (χ1n) is 8.54. The van der Waals surface area contributed by atoms with Gasteiger partial charge in [-0.2, -0.15) is 0 Å². The van der Waals surface area contributed by atoms with Gasteiger partial charge in [0.2, 0.25) is 5.91 Å². The van der Waals surface area contributed by atoms with E-state index in [-0.39, 0.29) is 18.1 Å². The number of pyridine rings is 1. The number of methoxy groups -OCH3 is 1. The quantitative estimate of drug-likeness (QED) is 0.805. The number of hydrogen-bond donors (Lipinski definition) is 0. The van der Waals surface area contributed by atoms with Gasteiger partial charge in [0.25, 0.3) is 0 Å². The molecule has 1 saturated heterocycles. The molecule has 1 aliphatic rings. The fourth-order valence-electron chi connectivity index (χ4n) is 3.28. The van der Waals surface area contributed by atoms with E-state index in [1.165, 1.54) is 0 Å². The number of carbonyl (C=O) groups is 1. The topological polar surface area (TPSA) is 58.8 Å². The number of carbonyl (C=O) groups excluding carboxylic acids is 1. The minimum Gasteiger partial charge on any atom is -0.464 e. The molecule has 0 aliphatic carbocycles. The summed E-state index contributed by atoms with van der Waals surface area (Å²) >= 11 is 0. The van der Waals surface area contributed by atoms with Crippen molar-refractivity contribution in [2.75, 3.05) is 20.7 Å². The second-order valence-electron chi connectivity index (χ2n) is 6.58. The Kier molecular flexibility index (Phi) is 5.50. The van der Waals surface area contributed by atoms with Crippen LogP contribution in [0.25, 0.3) is 0 Å². The average Bonchev–Trinajstić information content (AvgIpc) is 3.20. The summed E-state index contributed by atoms with van der Waals surface area (Å²) in [7, 11) is 3.67. The third kappa shape index (κ3) is 4.27. The number of ether oxygens (including phenoxy) is 1. The van der Waals surface area contributed by atoms with Crippen molar-refractivity contribution in [3.63, 3.8) is 0 Å². The number of rotatable bonds is 6. The zero-order valence-corrected chi connectivity index (χ0v) is 15.0. The van der Waals surface area contributed by atoms with Crippen molar-refractivity contribution in [1.29, 1.82) is 0 Å². The van der Waals surface area contributed by atoms with E-state index in [2.05, 4.69) is 9.88 Å². The highest BCUT2D eigenvalue weighted by Gasteiger charge is 2.37. The van der Waals surface area contributed by atoms with Crippen molar-refractivity contribution in [2.45, 2.75) is 38.6 Å². The van der Waals surface area contributed by atoms with Gasteiger partial charge in [-0.05, 0) is 44.7 Å². The highest BCUT2D eigenvalue weighted by atomic mass is 16.5. The summed E-state index contributed by atoms with van der Waals surface area (Å²) in [6.07, 6.45) is 2.56. The minimum atomic E-state index is -0.176. The molecule has 1 fully saturated rings. The Morgan fingerprint density at radius 1 is 1.36 bits per heavy atom. The zero-order chi connectivity index (χ0) is 17.8. The number of likely N-dealkylation sites (N-methyl/N-ethyl adjacent to an activating group) is 1. The largest absolute Gasteiger partial charge is 0.464 e. The maximum atomic E-state index is 13.2. The number of nitrogens with zero attached hydrogens (tertiary/aromatic N) is 3. The molecule has 0 radical (unpaired) electrons. The summed E-state index contributed by atoms with van der Waals surface area (Å²) in [6, 6.07) is 9.41. The van der Waals surface area contributed by atoms with Crippen molar-refractivity contribution in [1.82, 2.24) is 14.8 Å². The Morgan fingerprint density at radius 2 is 2.20 bits per heavy atom. The van der Waals surface area contributed by atoms with Gasteiger partial charge in [-0.1, -0.05) is 6.07 Å². The van der Waals surface area contributed by atoms with Crippen LogP contribution in [0.15, 0.2) is 40.9 Å². The van der Waals surface area contributed by atoms with Crippen molar-refractivity contribution in [2.24, 2.45) is 0 Å². The van der Waals surface area contributed by atoms with Gasteiger partial charge in [-0.3, -0.25) is 14.7 Å². The zero-order valence-electron chi connectivity index (χ0n) is 15.0. The van der Waals surface area contributed by atoms with E-state index in [1.807, 2.05) is 49.2 Å². The molecule has 0 spiro atoms. The van der Waals surface area contributed by atoms with Gasteiger partial charge in [-0.25, -0.2) is 0 Å². The minimum absolute atomic E-state index is 0.0850. The molecule has 0 saturated carbocycles. The maximum Gasteiger partial charge on any atom is 0.240 e. The molecule has 0 unspecified atom stereocenters. The van der Waals surface area contributed by atoms with Crippen LogP contribution in [0.5, 0.6) is 0 Å². The summed E-state index contributed by atoms with van der Waals surface area (Å²) in [5, 5.41) is 0. The van der Waals surface area contributed by atoms with E-state index in [4.69, 9.17) is 9.15 Å². The van der Waals surface area contributed by atoms with Crippen LogP contribution in [0.2, 0.25) is 0 Å². The Balaban J connectivity index is 1.78. The van der Waals surface area contributed by atoms with Crippen LogP contribution in [-0.4, -0.2) is 53.5 Å². The molecule has 1 amide bonds. The first-order valence-corrected chi connectivity index (χ1v) is 8.54. The number of aromatic nitrogens is 1. The Labute approximate surface area is 148 Å². The van der Waals surface area contributed by atoms with Crippen LogP contribution >= 0.6 is 0 Å². The first-order chi connectivity index (χ1) is 12.1. The summed E-state index contributed by atoms with van der Waals surface area (Å²) in [4.78, 5) is 21.4. The fraction of sp³-hybridized carbons (Fsp3) is 0.474. The van der Waals surface area contributed by atoms with E-state index in [1.54, 1.807) is 13.3 Å². The van der Waals surface area contributed by atoms with Crippen LogP contribution in [-0.2, 0) is 22.6 Å². The fourth-order valence-corrected chi connectivity index (χ4v) is 3.28. The van der Waals surface area contributed by atoms with E-state index in [0.717, 1.165) is 23.8 Å². The van der Waals surface area contributed by atoms with Crippen LogP contribution in [0, 0.1) is 6.92 Å². The standard InChI is InChI=1S/C19H25N3O3/c1-14-7-8-16(25-14)13-22(11-15-6-4-5-9-20-15)19(23)18-10-17(24-3)12-21(18)2/h4-9,17-18H,10-13H2,1-3H3/t17-,18-/m0/s1. The molecule has 0 N–H and O–H groups in total. The molecule has 3 rings (SSSR count). The summed E-state index contributed by atoms with van der Waals surface area (Å²) in [5.74, 6) is 1.71. The molecule has 6 heteroatoms. The van der Waals surface area contributed by atoms with Crippen LogP contribution in [0.4, 0.5) is 0 Å². The third-order valence-electron chi connectivity index (χ3n) is 4.66. The molecule has 25 heavy (non-hydrogen) atoms. The van der Waals surface area contributed by atoms with Crippen molar-refractivity contribution >= 4 is 5.91 Å². The molecule has 3 heterocycles. The van der Waals surface area contributed by atoms with Crippen LogP contribution in [0.3, 0.4) is 0 Å². The summed E-state index contributed by atoms with van der Waals surface area (Å²) < 4.78 is 11.1. The second-order valence-corrected chi connectivity index (χ2v) is 6.58. The van der Waals surface area contributed by atoms with Gasteiger partial charge >= 0.3 is 0 Å². The normalized spacial score (nSPS) is 20.8. The molecule has 1 aliphatic heterocycles. The Bertz CT molecular complexity index is 701. The van der Waals surface area contributed by atoms with Gasteiger partial charge in [-0.15, -0.1) is 0 Å². The molecular weight excluding hydrogens is 318 g/mol. The third-order valence-corrected chi connectivity index (χ3v) is 4.66. The van der Waals surface area contributed by atoms with Crippen molar-refractivity contribution < 1.29 is 13.9 Å². The van der Waals surface area contributed by atoms with E-state index < -0.39 is 0 Å². The van der Waals surface area contributed by atoms with Crippen LogP contribution < -0.4 is 0 Å². The average molecular weight is 343 g/mol. The predicted octanol–water partition coefficient (Wildman–Crippen LogP) is 2.23. The highest BCUT2D eigenvalue weighted by Crippen LogP contribution is 2.22. The van der Waals surface area contributed by atoms with Gasteiger partial charge in [0.15, 0.2) is 0 Å². The van der Waals surface area contributed by atoms with Crippen molar-refractivity contribution in [3.05, 3.63) is 53.7 Å². The lowest BCUT2D eigenvalue weighted by Gasteiger charge is -2.27. The van der Waals surface area contributed by atoms with Gasteiger partial charge < -0.3 is 14.1 Å². The molecular formula is C19H25N3O3. The van der Waals surface area contributed by atoms with Gasteiger partial charge in [0.1, 0.15) is 11.5 Å². The smallest absolute Gasteiger partial charge is 0.240 e. The monoisotopic (exact) mass is 343 g/mol. The lowest BCUT2D eigenvalue weighted by molar-refractivity contribution is -0.137. The Morgan fingerprint density at radius 3 is 2.80 bits per heavy atom. The molecule has 2 aromatic rings. The first kappa shape index (κ1) is 17.6. The van der Waals surface area contributed by atoms with Gasteiger partial charge in [0.05, 0.1) is 30.9 Å². The van der Waals surface area contributed by atoms with E-state index >= 15 is 0 Å². The molecule has 6 nitrogen and oxygen atoms in total. The van der Waals surface area contributed by atoms with Crippen molar-refractivity contribution in [3.8, 4) is 0 Å². The Hall–Kier alpha value is -2.18. The molecule has 0 aromatic carbocycles. The number of amides is 1. The van der Waals surface area contributed by atoms with Crippen LogP contribution in [0.1, 0.15) is 23.6 Å². The lowest BCUT2D eigenvalue weighted by atomic mass is 10.1.